The number of hydrogen-bond acceptors (Lipinski definition) is 6. The molecular weight excluding hydrogens is 384 g/mol. The molecule has 2 heterocycles. The molecule has 0 aliphatic carbocycles. The number of halogens is 1. The molecule has 1 aliphatic heterocycles. The van der Waals surface area contributed by atoms with Gasteiger partial charge >= 0.3 is 0 Å². The third-order valence-corrected chi connectivity index (χ3v) is 5.75. The molecule has 1 saturated heterocycles. The van der Waals surface area contributed by atoms with E-state index in [1.165, 1.54) is 11.5 Å². The monoisotopic (exact) mass is 408 g/mol. The van der Waals surface area contributed by atoms with Crippen molar-refractivity contribution in [3.8, 4) is 5.75 Å². The summed E-state index contributed by atoms with van der Waals surface area (Å²) in [4.78, 5) is 18.5. The summed E-state index contributed by atoms with van der Waals surface area (Å²) in [6.45, 7) is 2.63. The lowest BCUT2D eigenvalue weighted by molar-refractivity contribution is -0.120. The minimum atomic E-state index is 0.0405. The maximum absolute atomic E-state index is 11.5. The van der Waals surface area contributed by atoms with Crippen molar-refractivity contribution in [2.24, 2.45) is 5.92 Å². The molecule has 1 aliphatic rings. The van der Waals surface area contributed by atoms with E-state index in [1.807, 2.05) is 18.2 Å². The fourth-order valence-electron chi connectivity index (χ4n) is 3.17. The first-order chi connectivity index (χ1) is 13.2. The van der Waals surface area contributed by atoms with Gasteiger partial charge in [-0.2, -0.15) is 4.37 Å². The Balaban J connectivity index is 1.48. The van der Waals surface area contributed by atoms with Gasteiger partial charge in [-0.15, -0.1) is 11.6 Å². The molecule has 1 amide bonds. The number of anilines is 1. The van der Waals surface area contributed by atoms with Gasteiger partial charge in [-0.1, -0.05) is 12.1 Å². The topological polar surface area (TPSA) is 67.3 Å². The van der Waals surface area contributed by atoms with Gasteiger partial charge in [0.25, 0.3) is 0 Å². The molecule has 0 atom stereocenters. The molecule has 0 saturated carbocycles. The molecule has 1 aromatic heterocycles. The molecule has 27 heavy (non-hydrogen) atoms. The quantitative estimate of drug-likeness (QED) is 0.680. The molecule has 0 spiro atoms. The predicted octanol–water partition coefficient (Wildman–Crippen LogP) is 3.10. The number of aromatic nitrogens is 2. The van der Waals surface area contributed by atoms with E-state index >= 15 is 0 Å². The number of nitrogens with one attached hydrogen (secondary N) is 1. The Labute approximate surface area is 169 Å². The summed E-state index contributed by atoms with van der Waals surface area (Å²) in [6.07, 6.45) is 3.19. The molecule has 0 unspecified atom stereocenters. The van der Waals surface area contributed by atoms with E-state index in [4.69, 9.17) is 21.3 Å². The van der Waals surface area contributed by atoms with E-state index in [0.717, 1.165) is 54.7 Å². The van der Waals surface area contributed by atoms with E-state index < -0.39 is 0 Å². The minimum absolute atomic E-state index is 0.0405. The van der Waals surface area contributed by atoms with Crippen LogP contribution in [-0.4, -0.2) is 47.9 Å². The summed E-state index contributed by atoms with van der Waals surface area (Å²) in [6, 6.07) is 8.00. The van der Waals surface area contributed by atoms with E-state index in [9.17, 15) is 4.79 Å². The molecule has 1 N–H and O–H groups in total. The van der Waals surface area contributed by atoms with Crippen LogP contribution in [0.15, 0.2) is 24.3 Å². The molecular formula is C19H25ClN4O2S. The van der Waals surface area contributed by atoms with Gasteiger partial charge in [0.05, 0.1) is 7.11 Å². The number of nitrogens with zero attached hydrogens (tertiary/aromatic N) is 3. The van der Waals surface area contributed by atoms with Crippen LogP contribution in [0.3, 0.4) is 0 Å². The molecule has 3 rings (SSSR count). The average molecular weight is 409 g/mol. The van der Waals surface area contributed by atoms with Gasteiger partial charge in [-0.05, 0) is 36.5 Å². The Bertz CT molecular complexity index is 747. The number of ether oxygens (including phenoxy) is 1. The number of hydrogen-bond donors (Lipinski definition) is 1. The number of carbonyl (C=O) groups excluding carboxylic acids is 1. The van der Waals surface area contributed by atoms with Crippen LogP contribution >= 0.6 is 23.1 Å². The first-order valence-electron chi connectivity index (χ1n) is 9.21. The SMILES string of the molecule is COc1cccc(Cc2nsc(N3CCC(CNC(=O)CCCl)CC3)n2)c1. The highest BCUT2D eigenvalue weighted by molar-refractivity contribution is 7.09. The highest BCUT2D eigenvalue weighted by Crippen LogP contribution is 2.25. The van der Waals surface area contributed by atoms with Gasteiger partial charge in [0.2, 0.25) is 11.0 Å². The standard InChI is InChI=1S/C19H25ClN4O2S/c1-26-16-4-2-3-15(11-16)12-17-22-19(27-23-17)24-9-6-14(7-10-24)13-21-18(25)5-8-20/h2-4,11,14H,5-10,12-13H2,1H3,(H,21,25). The first kappa shape index (κ1) is 19.9. The first-order valence-corrected chi connectivity index (χ1v) is 10.5. The fraction of sp³-hybridized carbons (Fsp3) is 0.526. The average Bonchev–Trinajstić information content (AvgIpc) is 3.15. The van der Waals surface area contributed by atoms with Gasteiger partial charge < -0.3 is 15.0 Å². The lowest BCUT2D eigenvalue weighted by atomic mass is 9.97. The number of benzene rings is 1. The number of piperidine rings is 1. The van der Waals surface area contributed by atoms with Crippen molar-refractivity contribution in [2.45, 2.75) is 25.7 Å². The second-order valence-corrected chi connectivity index (χ2v) is 7.80. The van der Waals surface area contributed by atoms with Crippen LogP contribution in [0.2, 0.25) is 0 Å². The van der Waals surface area contributed by atoms with Crippen LogP contribution in [0.25, 0.3) is 0 Å². The van der Waals surface area contributed by atoms with Crippen molar-refractivity contribution in [1.29, 1.82) is 0 Å². The van der Waals surface area contributed by atoms with Gasteiger partial charge in [0.15, 0.2) is 0 Å². The van der Waals surface area contributed by atoms with Crippen molar-refractivity contribution < 1.29 is 9.53 Å². The lowest BCUT2D eigenvalue weighted by Gasteiger charge is -2.31. The van der Waals surface area contributed by atoms with Crippen molar-refractivity contribution in [2.75, 3.05) is 37.5 Å². The van der Waals surface area contributed by atoms with Crippen LogP contribution in [0.5, 0.6) is 5.75 Å². The van der Waals surface area contributed by atoms with E-state index in [-0.39, 0.29) is 5.91 Å². The molecule has 0 radical (unpaired) electrons. The van der Waals surface area contributed by atoms with Crippen LogP contribution in [-0.2, 0) is 11.2 Å². The Hall–Kier alpha value is -1.86. The fourth-order valence-corrected chi connectivity index (χ4v) is 4.08. The highest BCUT2D eigenvalue weighted by atomic mass is 35.5. The van der Waals surface area contributed by atoms with Crippen molar-refractivity contribution in [1.82, 2.24) is 14.7 Å². The maximum Gasteiger partial charge on any atom is 0.221 e. The summed E-state index contributed by atoms with van der Waals surface area (Å²) in [7, 11) is 1.67. The van der Waals surface area contributed by atoms with Crippen LogP contribution < -0.4 is 15.0 Å². The molecule has 146 valence electrons. The molecule has 2 aromatic rings. The Morgan fingerprint density at radius 3 is 2.96 bits per heavy atom. The Morgan fingerprint density at radius 2 is 2.22 bits per heavy atom. The molecule has 1 fully saturated rings. The maximum atomic E-state index is 11.5. The lowest BCUT2D eigenvalue weighted by Crippen LogP contribution is -2.38. The van der Waals surface area contributed by atoms with Gasteiger partial charge in [0.1, 0.15) is 11.6 Å². The van der Waals surface area contributed by atoms with E-state index in [1.54, 1.807) is 7.11 Å². The largest absolute Gasteiger partial charge is 0.497 e. The Morgan fingerprint density at radius 1 is 1.41 bits per heavy atom. The summed E-state index contributed by atoms with van der Waals surface area (Å²) < 4.78 is 9.79. The zero-order valence-corrected chi connectivity index (χ0v) is 17.1. The predicted molar refractivity (Wildman–Crippen MR) is 109 cm³/mol. The molecule has 1 aromatic carbocycles. The number of rotatable bonds is 8. The molecule has 6 nitrogen and oxygen atoms in total. The normalized spacial score (nSPS) is 15.0. The van der Waals surface area contributed by atoms with Crippen molar-refractivity contribution >= 4 is 34.2 Å². The third-order valence-electron chi connectivity index (χ3n) is 4.75. The van der Waals surface area contributed by atoms with Crippen LogP contribution in [0.4, 0.5) is 5.13 Å². The smallest absolute Gasteiger partial charge is 0.221 e. The summed E-state index contributed by atoms with van der Waals surface area (Å²) in [5, 5.41) is 3.95. The molecule has 0 bridgehead atoms. The van der Waals surface area contributed by atoms with E-state index in [0.29, 0.717) is 24.6 Å². The third kappa shape index (κ3) is 5.81. The number of alkyl halides is 1. The highest BCUT2D eigenvalue weighted by Gasteiger charge is 2.22. The summed E-state index contributed by atoms with van der Waals surface area (Å²) in [5.41, 5.74) is 1.14. The number of carbonyl (C=O) groups is 1. The minimum Gasteiger partial charge on any atom is -0.497 e. The van der Waals surface area contributed by atoms with E-state index in [2.05, 4.69) is 20.7 Å². The van der Waals surface area contributed by atoms with Crippen molar-refractivity contribution in [3.63, 3.8) is 0 Å². The van der Waals surface area contributed by atoms with Crippen molar-refractivity contribution in [3.05, 3.63) is 35.7 Å². The summed E-state index contributed by atoms with van der Waals surface area (Å²) >= 11 is 7.05. The second kappa shape index (κ2) is 9.90. The second-order valence-electron chi connectivity index (χ2n) is 6.69. The number of amides is 1. The zero-order valence-electron chi connectivity index (χ0n) is 15.5. The summed E-state index contributed by atoms with van der Waals surface area (Å²) in [5.74, 6) is 2.63. The van der Waals surface area contributed by atoms with Gasteiger partial charge in [-0.3, -0.25) is 4.79 Å². The van der Waals surface area contributed by atoms with Gasteiger partial charge in [-0.25, -0.2) is 4.98 Å². The van der Waals surface area contributed by atoms with Crippen LogP contribution in [0.1, 0.15) is 30.7 Å². The van der Waals surface area contributed by atoms with Crippen LogP contribution in [0, 0.1) is 5.92 Å². The van der Waals surface area contributed by atoms with Gasteiger partial charge in [0, 0.05) is 49.9 Å². The number of methoxy groups -OCH3 is 1. The molecule has 8 heteroatoms. The Kier molecular flexibility index (Phi) is 7.29. The zero-order chi connectivity index (χ0) is 19.1.